The van der Waals surface area contributed by atoms with Gasteiger partial charge in [-0.1, -0.05) is 0 Å². The number of carboxylic acids is 1. The summed E-state index contributed by atoms with van der Waals surface area (Å²) in [4.78, 5) is 10.5. The molecular weight excluding hydrogens is 282 g/mol. The van der Waals surface area contributed by atoms with Crippen LogP contribution in [0.25, 0.3) is 0 Å². The molecule has 2 rings (SSSR count). The van der Waals surface area contributed by atoms with Crippen LogP contribution in [0, 0.1) is 0 Å². The number of hydrogen-bond acceptors (Lipinski definition) is 4. The summed E-state index contributed by atoms with van der Waals surface area (Å²) in [7, 11) is -3.60. The molecule has 1 aromatic carbocycles. The van der Waals surface area contributed by atoms with Gasteiger partial charge in [0.1, 0.15) is 11.9 Å². The second-order valence-electron chi connectivity index (χ2n) is 4.80. The molecule has 20 heavy (non-hydrogen) atoms. The Kier molecular flexibility index (Phi) is 4.29. The van der Waals surface area contributed by atoms with Crippen molar-refractivity contribution in [1.82, 2.24) is 4.72 Å². The van der Waals surface area contributed by atoms with E-state index in [1.165, 1.54) is 6.07 Å². The van der Waals surface area contributed by atoms with Gasteiger partial charge in [0.25, 0.3) is 0 Å². The zero-order valence-electron chi connectivity index (χ0n) is 11.1. The third-order valence-corrected chi connectivity index (χ3v) is 4.50. The van der Waals surface area contributed by atoms with Crippen LogP contribution in [0.5, 0.6) is 5.75 Å². The Bertz CT molecular complexity index is 611. The number of rotatable bonds is 6. The lowest BCUT2D eigenvalue weighted by molar-refractivity contribution is -0.137. The van der Waals surface area contributed by atoms with Gasteiger partial charge in [-0.05, 0) is 37.1 Å². The number of hydrogen-bond donors (Lipinski definition) is 2. The Morgan fingerprint density at radius 2 is 2.25 bits per heavy atom. The molecule has 6 nitrogen and oxygen atoms in total. The number of nitrogens with one attached hydrogen (secondary N) is 1. The molecule has 0 aliphatic carbocycles. The minimum absolute atomic E-state index is 0.0575. The molecule has 1 aliphatic heterocycles. The molecule has 1 unspecified atom stereocenters. The topological polar surface area (TPSA) is 92.7 Å². The molecule has 0 saturated carbocycles. The van der Waals surface area contributed by atoms with E-state index in [2.05, 4.69) is 4.72 Å². The minimum atomic E-state index is -3.60. The molecule has 0 spiro atoms. The van der Waals surface area contributed by atoms with Crippen molar-refractivity contribution in [3.8, 4) is 5.75 Å². The lowest BCUT2D eigenvalue weighted by Gasteiger charge is -2.07. The Balaban J connectivity index is 2.03. The van der Waals surface area contributed by atoms with Gasteiger partial charge in [0.2, 0.25) is 10.0 Å². The van der Waals surface area contributed by atoms with E-state index in [0.717, 1.165) is 11.3 Å². The Morgan fingerprint density at radius 1 is 1.50 bits per heavy atom. The smallest absolute Gasteiger partial charge is 0.303 e. The van der Waals surface area contributed by atoms with E-state index in [1.54, 1.807) is 12.1 Å². The molecule has 2 N–H and O–H groups in total. The zero-order valence-corrected chi connectivity index (χ0v) is 11.9. The predicted octanol–water partition coefficient (Wildman–Crippen LogP) is 1.15. The van der Waals surface area contributed by atoms with Crippen molar-refractivity contribution < 1.29 is 23.1 Å². The largest absolute Gasteiger partial charge is 0.490 e. The van der Waals surface area contributed by atoms with Crippen molar-refractivity contribution in [2.45, 2.75) is 37.2 Å². The van der Waals surface area contributed by atoms with Crippen molar-refractivity contribution >= 4 is 16.0 Å². The van der Waals surface area contributed by atoms with Crippen LogP contribution in [-0.2, 0) is 21.2 Å². The molecule has 1 atom stereocenters. The average molecular weight is 299 g/mol. The number of carbonyl (C=O) groups is 1. The van der Waals surface area contributed by atoms with Gasteiger partial charge in [0, 0.05) is 19.4 Å². The van der Waals surface area contributed by atoms with E-state index in [1.807, 2.05) is 6.92 Å². The molecule has 110 valence electrons. The Labute approximate surface area is 117 Å². The molecule has 7 heteroatoms. The maximum absolute atomic E-state index is 12.1. The summed E-state index contributed by atoms with van der Waals surface area (Å²) in [6.07, 6.45) is 0.960. The normalized spacial score (nSPS) is 17.6. The first kappa shape index (κ1) is 14.8. The van der Waals surface area contributed by atoms with Crippen LogP contribution >= 0.6 is 0 Å². The van der Waals surface area contributed by atoms with Gasteiger partial charge in [-0.2, -0.15) is 0 Å². The summed E-state index contributed by atoms with van der Waals surface area (Å²) in [5, 5.41) is 8.50. The number of benzene rings is 1. The van der Waals surface area contributed by atoms with Crippen LogP contribution in [0.15, 0.2) is 23.1 Å². The Hall–Kier alpha value is -1.60. The highest BCUT2D eigenvalue weighted by molar-refractivity contribution is 7.89. The van der Waals surface area contributed by atoms with E-state index >= 15 is 0 Å². The second-order valence-corrected chi connectivity index (χ2v) is 6.56. The minimum Gasteiger partial charge on any atom is -0.490 e. The van der Waals surface area contributed by atoms with E-state index in [9.17, 15) is 13.2 Å². The van der Waals surface area contributed by atoms with E-state index in [0.29, 0.717) is 6.42 Å². The number of carboxylic acid groups (broad SMARTS) is 1. The summed E-state index contributed by atoms with van der Waals surface area (Å²) in [5.41, 5.74) is 0.880. The van der Waals surface area contributed by atoms with Crippen LogP contribution in [-0.4, -0.2) is 32.1 Å². The highest BCUT2D eigenvalue weighted by atomic mass is 32.2. The van der Waals surface area contributed by atoms with Crippen molar-refractivity contribution in [2.75, 3.05) is 6.54 Å². The van der Waals surface area contributed by atoms with Crippen molar-refractivity contribution in [2.24, 2.45) is 0 Å². The first-order chi connectivity index (χ1) is 9.38. The summed E-state index contributed by atoms with van der Waals surface area (Å²) in [6.45, 7) is 2.04. The summed E-state index contributed by atoms with van der Waals surface area (Å²) >= 11 is 0. The molecule has 1 aliphatic rings. The summed E-state index contributed by atoms with van der Waals surface area (Å²) in [6, 6.07) is 4.76. The van der Waals surface area contributed by atoms with Crippen LogP contribution < -0.4 is 9.46 Å². The van der Waals surface area contributed by atoms with Gasteiger partial charge < -0.3 is 9.84 Å². The first-order valence-corrected chi connectivity index (χ1v) is 7.88. The molecule has 0 fully saturated rings. The van der Waals surface area contributed by atoms with Gasteiger partial charge in [0.15, 0.2) is 0 Å². The first-order valence-electron chi connectivity index (χ1n) is 6.39. The monoisotopic (exact) mass is 299 g/mol. The standard InChI is InChI=1S/C13H17NO5S/c1-9-7-10-8-11(4-5-12(10)19-9)20(17,18)14-6-2-3-13(15)16/h4-5,8-9,14H,2-3,6-7H2,1H3,(H,15,16). The fraction of sp³-hybridized carbons (Fsp3) is 0.462. The maximum Gasteiger partial charge on any atom is 0.303 e. The van der Waals surface area contributed by atoms with Crippen LogP contribution in [0.1, 0.15) is 25.3 Å². The lowest BCUT2D eigenvalue weighted by atomic mass is 10.1. The van der Waals surface area contributed by atoms with E-state index < -0.39 is 16.0 Å². The number of sulfonamides is 1. The Morgan fingerprint density at radius 3 is 2.95 bits per heavy atom. The average Bonchev–Trinajstić information content (AvgIpc) is 2.73. The van der Waals surface area contributed by atoms with Crippen molar-refractivity contribution in [3.05, 3.63) is 23.8 Å². The molecule has 0 radical (unpaired) electrons. The fourth-order valence-corrected chi connectivity index (χ4v) is 3.22. The zero-order chi connectivity index (χ0) is 14.8. The summed E-state index contributed by atoms with van der Waals surface area (Å²) < 4.78 is 32.0. The van der Waals surface area contributed by atoms with Gasteiger partial charge >= 0.3 is 5.97 Å². The fourth-order valence-electron chi connectivity index (χ4n) is 2.10. The lowest BCUT2D eigenvalue weighted by Crippen LogP contribution is -2.25. The molecule has 1 heterocycles. The van der Waals surface area contributed by atoms with E-state index in [-0.39, 0.29) is 30.4 Å². The highest BCUT2D eigenvalue weighted by Gasteiger charge is 2.22. The molecule has 0 amide bonds. The van der Waals surface area contributed by atoms with Crippen LogP contribution in [0.3, 0.4) is 0 Å². The number of aliphatic carboxylic acids is 1. The number of fused-ring (bicyclic) bond motifs is 1. The second kappa shape index (κ2) is 5.80. The predicted molar refractivity (Wildman–Crippen MR) is 72.3 cm³/mol. The van der Waals surface area contributed by atoms with Gasteiger partial charge in [-0.15, -0.1) is 0 Å². The molecule has 1 aromatic rings. The van der Waals surface area contributed by atoms with Gasteiger partial charge in [-0.25, -0.2) is 13.1 Å². The van der Waals surface area contributed by atoms with Crippen molar-refractivity contribution in [1.29, 1.82) is 0 Å². The third kappa shape index (κ3) is 3.49. The maximum atomic E-state index is 12.1. The molecule has 0 bridgehead atoms. The molecule has 0 saturated heterocycles. The third-order valence-electron chi connectivity index (χ3n) is 3.04. The van der Waals surface area contributed by atoms with E-state index in [4.69, 9.17) is 9.84 Å². The molecule has 0 aromatic heterocycles. The summed E-state index contributed by atoms with van der Waals surface area (Å²) in [5.74, 6) is -0.213. The van der Waals surface area contributed by atoms with Crippen LogP contribution in [0.4, 0.5) is 0 Å². The quantitative estimate of drug-likeness (QED) is 0.769. The SMILES string of the molecule is CC1Cc2cc(S(=O)(=O)NCCCC(=O)O)ccc2O1. The highest BCUT2D eigenvalue weighted by Crippen LogP contribution is 2.30. The molecular formula is C13H17NO5S. The number of ether oxygens (including phenoxy) is 1. The van der Waals surface area contributed by atoms with Crippen LogP contribution in [0.2, 0.25) is 0 Å². The van der Waals surface area contributed by atoms with Gasteiger partial charge in [0.05, 0.1) is 4.90 Å². The van der Waals surface area contributed by atoms with Gasteiger partial charge in [-0.3, -0.25) is 4.79 Å². The van der Waals surface area contributed by atoms with Crippen molar-refractivity contribution in [3.63, 3.8) is 0 Å².